The van der Waals surface area contributed by atoms with Gasteiger partial charge < -0.3 is 5.73 Å². The lowest BCUT2D eigenvalue weighted by atomic mass is 9.93. The highest BCUT2D eigenvalue weighted by Gasteiger charge is 2.09. The molecule has 0 aliphatic rings. The summed E-state index contributed by atoms with van der Waals surface area (Å²) in [6, 6.07) is 32.9. The van der Waals surface area contributed by atoms with Crippen molar-refractivity contribution in [3.05, 3.63) is 102 Å². The molecule has 126 valence electrons. The van der Waals surface area contributed by atoms with Crippen molar-refractivity contribution < 1.29 is 0 Å². The smallest absolute Gasteiger partial charge is 0.0412 e. The lowest BCUT2D eigenvalue weighted by Gasteiger charge is -2.12. The van der Waals surface area contributed by atoms with Gasteiger partial charge in [-0.1, -0.05) is 84.4 Å². The molecule has 0 radical (unpaired) electrons. The van der Waals surface area contributed by atoms with E-state index in [9.17, 15) is 0 Å². The Morgan fingerprint density at radius 1 is 0.500 bits per heavy atom. The predicted octanol–water partition coefficient (Wildman–Crippen LogP) is 6.92. The van der Waals surface area contributed by atoms with Crippen molar-refractivity contribution in [2.24, 2.45) is 0 Å². The summed E-state index contributed by atoms with van der Waals surface area (Å²) in [5.74, 6) is 0. The van der Waals surface area contributed by atoms with Crippen LogP contribution in [0.15, 0.2) is 97.1 Å². The molecule has 0 aliphatic heterocycles. The predicted molar refractivity (Wildman–Crippen MR) is 112 cm³/mol. The highest BCUT2D eigenvalue weighted by Crippen LogP contribution is 2.35. The van der Waals surface area contributed by atoms with Gasteiger partial charge in [0.25, 0.3) is 0 Å². The van der Waals surface area contributed by atoms with Gasteiger partial charge in [0.05, 0.1) is 0 Å². The average molecular weight is 356 g/mol. The quantitative estimate of drug-likeness (QED) is 0.396. The summed E-state index contributed by atoms with van der Waals surface area (Å²) in [6.07, 6.45) is 0. The number of nitrogens with two attached hydrogens (primary N) is 1. The molecule has 4 rings (SSSR count). The number of nitrogen functional groups attached to an aromatic ring is 1. The van der Waals surface area contributed by atoms with Gasteiger partial charge in [0, 0.05) is 10.7 Å². The minimum absolute atomic E-state index is 0.728. The molecule has 0 unspecified atom stereocenters. The molecule has 0 atom stereocenters. The van der Waals surface area contributed by atoms with Crippen LogP contribution in [-0.2, 0) is 0 Å². The molecule has 0 saturated carbocycles. The van der Waals surface area contributed by atoms with Crippen molar-refractivity contribution in [1.82, 2.24) is 0 Å². The Balaban J connectivity index is 1.78. The monoisotopic (exact) mass is 355 g/mol. The normalized spacial score (nSPS) is 10.7. The van der Waals surface area contributed by atoms with Crippen LogP contribution in [0.1, 0.15) is 0 Å². The Kier molecular flexibility index (Phi) is 4.47. The van der Waals surface area contributed by atoms with E-state index in [2.05, 4.69) is 54.6 Å². The molecule has 1 nitrogen and oxygen atoms in total. The highest BCUT2D eigenvalue weighted by molar-refractivity contribution is 6.31. The van der Waals surface area contributed by atoms with E-state index in [4.69, 9.17) is 17.3 Å². The lowest BCUT2D eigenvalue weighted by Crippen LogP contribution is -1.88. The molecule has 0 amide bonds. The second kappa shape index (κ2) is 7.07. The number of benzene rings is 4. The zero-order valence-electron chi connectivity index (χ0n) is 14.2. The van der Waals surface area contributed by atoms with E-state index in [1.165, 1.54) is 11.1 Å². The molecule has 4 aromatic carbocycles. The van der Waals surface area contributed by atoms with Crippen molar-refractivity contribution in [3.63, 3.8) is 0 Å². The molecule has 0 heterocycles. The van der Waals surface area contributed by atoms with Gasteiger partial charge in [-0.2, -0.15) is 0 Å². The van der Waals surface area contributed by atoms with Gasteiger partial charge in [-0.15, -0.1) is 0 Å². The van der Waals surface area contributed by atoms with E-state index in [0.717, 1.165) is 33.0 Å². The van der Waals surface area contributed by atoms with E-state index in [0.29, 0.717) is 0 Å². The molecular weight excluding hydrogens is 338 g/mol. The maximum atomic E-state index is 6.29. The molecule has 2 N–H and O–H groups in total. The van der Waals surface area contributed by atoms with Crippen molar-refractivity contribution in [2.45, 2.75) is 0 Å². The van der Waals surface area contributed by atoms with E-state index in [-0.39, 0.29) is 0 Å². The van der Waals surface area contributed by atoms with Gasteiger partial charge in [0.15, 0.2) is 0 Å². The molecule has 0 aromatic heterocycles. The SMILES string of the molecule is Nc1ccc(-c2ccc(Cl)cc2-c2ccc(-c3ccccc3)cc2)cc1. The van der Waals surface area contributed by atoms with Crippen LogP contribution in [0.3, 0.4) is 0 Å². The fourth-order valence-electron chi connectivity index (χ4n) is 3.14. The van der Waals surface area contributed by atoms with Crippen LogP contribution in [0.4, 0.5) is 5.69 Å². The summed E-state index contributed by atoms with van der Waals surface area (Å²) >= 11 is 6.29. The Labute approximate surface area is 158 Å². The summed E-state index contributed by atoms with van der Waals surface area (Å²) in [5.41, 5.74) is 13.5. The molecule has 0 bridgehead atoms. The van der Waals surface area contributed by atoms with Crippen LogP contribution in [0.5, 0.6) is 0 Å². The first-order valence-electron chi connectivity index (χ1n) is 8.52. The Bertz CT molecular complexity index is 1020. The summed E-state index contributed by atoms with van der Waals surface area (Å²) in [7, 11) is 0. The third kappa shape index (κ3) is 3.35. The maximum Gasteiger partial charge on any atom is 0.0412 e. The summed E-state index contributed by atoms with van der Waals surface area (Å²) < 4.78 is 0. The molecule has 26 heavy (non-hydrogen) atoms. The maximum absolute atomic E-state index is 6.29. The first-order chi connectivity index (χ1) is 12.7. The standard InChI is InChI=1S/C24H18ClN/c25-21-12-15-23(19-10-13-22(26)14-11-19)24(16-21)20-8-6-18(7-9-20)17-4-2-1-3-5-17/h1-16H,26H2. The summed E-state index contributed by atoms with van der Waals surface area (Å²) in [6.45, 7) is 0. The number of anilines is 1. The average Bonchev–Trinajstić information content (AvgIpc) is 2.70. The molecule has 2 heteroatoms. The van der Waals surface area contributed by atoms with Gasteiger partial charge in [-0.25, -0.2) is 0 Å². The summed E-state index contributed by atoms with van der Waals surface area (Å²) in [4.78, 5) is 0. The first kappa shape index (κ1) is 16.4. The third-order valence-electron chi connectivity index (χ3n) is 4.51. The van der Waals surface area contributed by atoms with Gasteiger partial charge in [-0.05, 0) is 57.6 Å². The van der Waals surface area contributed by atoms with E-state index in [1.54, 1.807) is 0 Å². The van der Waals surface area contributed by atoms with Gasteiger partial charge in [0.1, 0.15) is 0 Å². The fraction of sp³-hybridized carbons (Fsp3) is 0. The lowest BCUT2D eigenvalue weighted by molar-refractivity contribution is 1.57. The molecule has 0 spiro atoms. The van der Waals surface area contributed by atoms with E-state index in [1.807, 2.05) is 42.5 Å². The van der Waals surface area contributed by atoms with E-state index < -0.39 is 0 Å². The largest absolute Gasteiger partial charge is 0.399 e. The second-order valence-electron chi connectivity index (χ2n) is 6.26. The Morgan fingerprint density at radius 3 is 1.73 bits per heavy atom. The topological polar surface area (TPSA) is 26.0 Å². The minimum atomic E-state index is 0.728. The van der Waals surface area contributed by atoms with Crippen molar-refractivity contribution in [2.75, 3.05) is 5.73 Å². The molecule has 0 saturated heterocycles. The minimum Gasteiger partial charge on any atom is -0.399 e. The molecular formula is C24H18ClN. The fourth-order valence-corrected chi connectivity index (χ4v) is 3.31. The van der Waals surface area contributed by atoms with Crippen LogP contribution >= 0.6 is 11.6 Å². The zero-order valence-corrected chi connectivity index (χ0v) is 14.9. The van der Waals surface area contributed by atoms with Crippen LogP contribution in [0, 0.1) is 0 Å². The molecule has 0 fully saturated rings. The highest BCUT2D eigenvalue weighted by atomic mass is 35.5. The number of rotatable bonds is 3. The Morgan fingerprint density at radius 2 is 1.04 bits per heavy atom. The number of hydrogen-bond acceptors (Lipinski definition) is 1. The number of hydrogen-bond donors (Lipinski definition) is 1. The first-order valence-corrected chi connectivity index (χ1v) is 8.90. The second-order valence-corrected chi connectivity index (χ2v) is 6.69. The van der Waals surface area contributed by atoms with Crippen molar-refractivity contribution in [3.8, 4) is 33.4 Å². The molecule has 0 aliphatic carbocycles. The van der Waals surface area contributed by atoms with Crippen LogP contribution in [-0.4, -0.2) is 0 Å². The van der Waals surface area contributed by atoms with Gasteiger partial charge in [0.2, 0.25) is 0 Å². The van der Waals surface area contributed by atoms with Crippen LogP contribution < -0.4 is 5.73 Å². The zero-order chi connectivity index (χ0) is 17.9. The van der Waals surface area contributed by atoms with Crippen LogP contribution in [0.25, 0.3) is 33.4 Å². The van der Waals surface area contributed by atoms with Gasteiger partial charge >= 0.3 is 0 Å². The Hall–Kier alpha value is -3.03. The van der Waals surface area contributed by atoms with E-state index >= 15 is 0 Å². The van der Waals surface area contributed by atoms with Gasteiger partial charge in [-0.3, -0.25) is 0 Å². The molecule has 4 aromatic rings. The van der Waals surface area contributed by atoms with Crippen LogP contribution in [0.2, 0.25) is 5.02 Å². The van der Waals surface area contributed by atoms with Crippen molar-refractivity contribution in [1.29, 1.82) is 0 Å². The third-order valence-corrected chi connectivity index (χ3v) is 4.74. The summed E-state index contributed by atoms with van der Waals surface area (Å²) in [5, 5.41) is 0.728. The number of halogens is 1. The van der Waals surface area contributed by atoms with Crippen molar-refractivity contribution >= 4 is 17.3 Å².